The topological polar surface area (TPSA) is 26.3 Å². The van der Waals surface area contributed by atoms with Crippen molar-refractivity contribution in [1.82, 2.24) is 0 Å². The lowest BCUT2D eigenvalue weighted by atomic mass is 9.69. The number of ketones is 1. The molecular weight excluding hydrogens is 212 g/mol. The molecule has 2 heteroatoms. The fourth-order valence-electron chi connectivity index (χ4n) is 3.41. The number of fused-ring (bicyclic) bond motifs is 1. The van der Waals surface area contributed by atoms with Crippen molar-refractivity contribution in [2.45, 2.75) is 38.5 Å². The summed E-state index contributed by atoms with van der Waals surface area (Å²) in [7, 11) is 1.65. The van der Waals surface area contributed by atoms with Gasteiger partial charge in [0.15, 0.2) is 5.78 Å². The highest BCUT2D eigenvalue weighted by Gasteiger charge is 2.44. The number of benzene rings is 1. The molecule has 0 heterocycles. The predicted molar refractivity (Wildman–Crippen MR) is 66.5 cm³/mol. The van der Waals surface area contributed by atoms with Crippen LogP contribution in [0, 0.1) is 5.41 Å². The minimum Gasteiger partial charge on any atom is -0.497 e. The van der Waals surface area contributed by atoms with Gasteiger partial charge in [-0.2, -0.15) is 0 Å². The molecule has 0 N–H and O–H groups in total. The summed E-state index contributed by atoms with van der Waals surface area (Å²) >= 11 is 0. The number of Topliss-reactive ketones (excluding diaryl/α,β-unsaturated/α-hetero) is 1. The Labute approximate surface area is 102 Å². The third-order valence-corrected chi connectivity index (χ3v) is 4.48. The van der Waals surface area contributed by atoms with Crippen LogP contribution >= 0.6 is 0 Å². The molecule has 3 rings (SSSR count). The van der Waals surface area contributed by atoms with Gasteiger partial charge in [-0.3, -0.25) is 4.79 Å². The molecule has 0 atom stereocenters. The standard InChI is InChI=1S/C15H18O2/c1-17-12-5-4-11-6-9-15(7-2-3-8-15)14(16)13(11)10-12/h4-5,10H,2-3,6-9H2,1H3. The van der Waals surface area contributed by atoms with Gasteiger partial charge in [0.1, 0.15) is 5.75 Å². The van der Waals surface area contributed by atoms with Gasteiger partial charge in [-0.05, 0) is 43.4 Å². The first-order chi connectivity index (χ1) is 8.25. The molecule has 1 fully saturated rings. The van der Waals surface area contributed by atoms with E-state index in [4.69, 9.17) is 4.74 Å². The molecule has 0 aromatic heterocycles. The summed E-state index contributed by atoms with van der Waals surface area (Å²) in [5.41, 5.74) is 2.09. The molecule has 1 spiro atoms. The number of carbonyl (C=O) groups excluding carboxylic acids is 1. The molecule has 17 heavy (non-hydrogen) atoms. The van der Waals surface area contributed by atoms with E-state index in [-0.39, 0.29) is 5.41 Å². The average Bonchev–Trinajstić information content (AvgIpc) is 2.84. The van der Waals surface area contributed by atoms with Crippen LogP contribution in [0.15, 0.2) is 18.2 Å². The maximum Gasteiger partial charge on any atom is 0.169 e. The van der Waals surface area contributed by atoms with E-state index in [1.54, 1.807) is 7.11 Å². The number of ether oxygens (including phenoxy) is 1. The first kappa shape index (κ1) is 10.8. The number of hydrogen-bond acceptors (Lipinski definition) is 2. The zero-order chi connectivity index (χ0) is 11.9. The predicted octanol–water partition coefficient (Wildman–Crippen LogP) is 3.38. The summed E-state index contributed by atoms with van der Waals surface area (Å²) in [6.07, 6.45) is 6.69. The second kappa shape index (κ2) is 3.86. The van der Waals surface area contributed by atoms with E-state index in [0.717, 1.165) is 37.0 Å². The smallest absolute Gasteiger partial charge is 0.169 e. The summed E-state index contributed by atoms with van der Waals surface area (Å²) in [5, 5.41) is 0. The van der Waals surface area contributed by atoms with Gasteiger partial charge in [0.05, 0.1) is 7.11 Å². The first-order valence-corrected chi connectivity index (χ1v) is 6.47. The van der Waals surface area contributed by atoms with Crippen LogP contribution in [-0.2, 0) is 6.42 Å². The number of rotatable bonds is 1. The molecule has 1 aromatic rings. The van der Waals surface area contributed by atoms with Gasteiger partial charge < -0.3 is 4.74 Å². The van der Waals surface area contributed by atoms with Gasteiger partial charge in [-0.25, -0.2) is 0 Å². The zero-order valence-corrected chi connectivity index (χ0v) is 10.3. The lowest BCUT2D eigenvalue weighted by Crippen LogP contribution is -2.33. The molecule has 2 aliphatic rings. The second-order valence-corrected chi connectivity index (χ2v) is 5.34. The minimum absolute atomic E-state index is 0.0284. The lowest BCUT2D eigenvalue weighted by molar-refractivity contribution is 0.0765. The maximum atomic E-state index is 12.7. The molecule has 0 amide bonds. The van der Waals surface area contributed by atoms with Crippen LogP contribution in [-0.4, -0.2) is 12.9 Å². The summed E-state index contributed by atoms with van der Waals surface area (Å²) in [6, 6.07) is 5.93. The van der Waals surface area contributed by atoms with Crippen LogP contribution in [0.3, 0.4) is 0 Å². The van der Waals surface area contributed by atoms with Gasteiger partial charge in [0.2, 0.25) is 0 Å². The van der Waals surface area contributed by atoms with Crippen molar-refractivity contribution in [3.8, 4) is 5.75 Å². The number of carbonyl (C=O) groups is 1. The molecule has 1 saturated carbocycles. The van der Waals surface area contributed by atoms with Crippen molar-refractivity contribution in [1.29, 1.82) is 0 Å². The summed E-state index contributed by atoms with van der Waals surface area (Å²) in [5.74, 6) is 1.17. The van der Waals surface area contributed by atoms with Crippen molar-refractivity contribution < 1.29 is 9.53 Å². The van der Waals surface area contributed by atoms with Crippen molar-refractivity contribution in [3.05, 3.63) is 29.3 Å². The van der Waals surface area contributed by atoms with Gasteiger partial charge in [0, 0.05) is 11.0 Å². The van der Waals surface area contributed by atoms with Gasteiger partial charge in [-0.1, -0.05) is 18.9 Å². The normalized spacial score (nSPS) is 21.6. The Hall–Kier alpha value is -1.31. The van der Waals surface area contributed by atoms with Crippen molar-refractivity contribution in [2.75, 3.05) is 7.11 Å². The SMILES string of the molecule is COc1ccc2c(c1)C(=O)C1(CCCC1)CC2. The molecular formula is C15H18O2. The molecule has 0 bridgehead atoms. The Morgan fingerprint density at radius 2 is 1.94 bits per heavy atom. The molecule has 2 nitrogen and oxygen atoms in total. The fraction of sp³-hybridized carbons (Fsp3) is 0.533. The van der Waals surface area contributed by atoms with Crippen LogP contribution in [0.5, 0.6) is 5.75 Å². The molecule has 1 aromatic carbocycles. The van der Waals surface area contributed by atoms with Crippen LogP contribution in [0.25, 0.3) is 0 Å². The Morgan fingerprint density at radius 3 is 2.65 bits per heavy atom. The third-order valence-electron chi connectivity index (χ3n) is 4.48. The quantitative estimate of drug-likeness (QED) is 0.739. The Bertz CT molecular complexity index is 456. The Kier molecular flexibility index (Phi) is 2.46. The van der Waals surface area contributed by atoms with Gasteiger partial charge in [0.25, 0.3) is 0 Å². The molecule has 0 saturated heterocycles. The molecule has 0 radical (unpaired) electrons. The Balaban J connectivity index is 2.03. The lowest BCUT2D eigenvalue weighted by Gasteiger charge is -2.33. The largest absolute Gasteiger partial charge is 0.497 e. The van der Waals surface area contributed by atoms with E-state index < -0.39 is 0 Å². The van der Waals surface area contributed by atoms with Gasteiger partial charge >= 0.3 is 0 Å². The van der Waals surface area contributed by atoms with E-state index in [2.05, 4.69) is 0 Å². The maximum absolute atomic E-state index is 12.7. The molecule has 0 aliphatic heterocycles. The van der Waals surface area contributed by atoms with E-state index in [9.17, 15) is 4.79 Å². The first-order valence-electron chi connectivity index (χ1n) is 6.47. The monoisotopic (exact) mass is 230 g/mol. The van der Waals surface area contributed by atoms with Crippen molar-refractivity contribution in [2.24, 2.45) is 5.41 Å². The highest BCUT2D eigenvalue weighted by molar-refractivity contribution is 6.03. The van der Waals surface area contributed by atoms with Crippen LogP contribution in [0.4, 0.5) is 0 Å². The molecule has 2 aliphatic carbocycles. The Morgan fingerprint density at radius 1 is 1.18 bits per heavy atom. The van der Waals surface area contributed by atoms with Crippen LogP contribution in [0.1, 0.15) is 48.0 Å². The number of methoxy groups -OCH3 is 1. The number of hydrogen-bond donors (Lipinski definition) is 0. The zero-order valence-electron chi connectivity index (χ0n) is 10.3. The summed E-state index contributed by atoms with van der Waals surface area (Å²) in [6.45, 7) is 0. The van der Waals surface area contributed by atoms with E-state index in [1.807, 2.05) is 18.2 Å². The van der Waals surface area contributed by atoms with Crippen LogP contribution < -0.4 is 4.74 Å². The van der Waals surface area contributed by atoms with E-state index in [1.165, 1.54) is 18.4 Å². The van der Waals surface area contributed by atoms with E-state index >= 15 is 0 Å². The van der Waals surface area contributed by atoms with Crippen LogP contribution in [0.2, 0.25) is 0 Å². The highest BCUT2D eigenvalue weighted by Crippen LogP contribution is 2.47. The summed E-state index contributed by atoms with van der Waals surface area (Å²) < 4.78 is 5.23. The van der Waals surface area contributed by atoms with E-state index in [0.29, 0.717) is 5.78 Å². The minimum atomic E-state index is -0.0284. The van der Waals surface area contributed by atoms with Crippen molar-refractivity contribution in [3.63, 3.8) is 0 Å². The molecule has 90 valence electrons. The molecule has 0 unspecified atom stereocenters. The average molecular weight is 230 g/mol. The van der Waals surface area contributed by atoms with Gasteiger partial charge in [-0.15, -0.1) is 0 Å². The third kappa shape index (κ3) is 1.58. The number of aryl methyl sites for hydroxylation is 1. The van der Waals surface area contributed by atoms with Crippen molar-refractivity contribution >= 4 is 5.78 Å². The highest BCUT2D eigenvalue weighted by atomic mass is 16.5. The summed E-state index contributed by atoms with van der Waals surface area (Å²) in [4.78, 5) is 12.7. The fourth-order valence-corrected chi connectivity index (χ4v) is 3.41. The second-order valence-electron chi connectivity index (χ2n) is 5.34.